The van der Waals surface area contributed by atoms with Gasteiger partial charge in [-0.2, -0.15) is 0 Å². The van der Waals surface area contributed by atoms with E-state index in [1.54, 1.807) is 7.11 Å². The molecule has 0 aliphatic heterocycles. The summed E-state index contributed by atoms with van der Waals surface area (Å²) in [7, 11) is 1.72. The van der Waals surface area contributed by atoms with Gasteiger partial charge < -0.3 is 10.1 Å². The molecule has 2 rings (SSSR count). The number of hydrogen-bond donors (Lipinski definition) is 1. The number of aryl methyl sites for hydroxylation is 1. The lowest BCUT2D eigenvalue weighted by molar-refractivity contribution is 0.185. The van der Waals surface area contributed by atoms with E-state index in [0.717, 1.165) is 22.1 Å². The number of ether oxygens (including phenoxy) is 1. The predicted octanol–water partition coefficient (Wildman–Crippen LogP) is 5.33. The predicted molar refractivity (Wildman–Crippen MR) is 92.7 cm³/mol. The Morgan fingerprint density at radius 2 is 1.86 bits per heavy atom. The molecule has 0 fully saturated rings. The average Bonchev–Trinajstić information content (AvgIpc) is 2.51. The lowest BCUT2D eigenvalue weighted by atomic mass is 10.0. The second-order valence-electron chi connectivity index (χ2n) is 5.16. The molecule has 3 heteroatoms. The van der Waals surface area contributed by atoms with Crippen molar-refractivity contribution in [2.45, 2.75) is 32.9 Å². The number of rotatable bonds is 6. The van der Waals surface area contributed by atoms with Crippen LogP contribution in [0.15, 0.2) is 46.9 Å². The first-order valence-corrected chi connectivity index (χ1v) is 8.06. The minimum atomic E-state index is 0.251. The highest BCUT2D eigenvalue weighted by atomic mass is 79.9. The van der Waals surface area contributed by atoms with Crippen LogP contribution in [0.2, 0.25) is 0 Å². The van der Waals surface area contributed by atoms with Crippen LogP contribution in [-0.2, 0) is 17.8 Å². The Hall–Kier alpha value is -1.32. The molecule has 0 radical (unpaired) electrons. The van der Waals surface area contributed by atoms with Crippen molar-refractivity contribution in [1.29, 1.82) is 0 Å². The highest BCUT2D eigenvalue weighted by Gasteiger charge is 2.10. The molecule has 0 amide bonds. The summed E-state index contributed by atoms with van der Waals surface area (Å²) in [6.07, 6.45) is 1.08. The van der Waals surface area contributed by atoms with E-state index in [-0.39, 0.29) is 6.04 Å². The highest BCUT2D eigenvalue weighted by molar-refractivity contribution is 9.10. The van der Waals surface area contributed by atoms with Gasteiger partial charge in [-0.05, 0) is 36.6 Å². The fourth-order valence-electron chi connectivity index (χ4n) is 2.34. The van der Waals surface area contributed by atoms with E-state index in [1.165, 1.54) is 11.1 Å². The topological polar surface area (TPSA) is 21.3 Å². The highest BCUT2D eigenvalue weighted by Crippen LogP contribution is 2.28. The van der Waals surface area contributed by atoms with Crippen molar-refractivity contribution in [3.8, 4) is 0 Å². The second-order valence-corrected chi connectivity index (χ2v) is 6.01. The van der Waals surface area contributed by atoms with Crippen LogP contribution in [0.25, 0.3) is 0 Å². The van der Waals surface area contributed by atoms with Crippen LogP contribution in [0.5, 0.6) is 0 Å². The van der Waals surface area contributed by atoms with Crippen LogP contribution in [0, 0.1) is 0 Å². The largest absolute Gasteiger partial charge is 0.380 e. The van der Waals surface area contributed by atoms with Gasteiger partial charge in [0, 0.05) is 28.9 Å². The molecule has 2 nitrogen and oxygen atoms in total. The van der Waals surface area contributed by atoms with Gasteiger partial charge in [0.2, 0.25) is 0 Å². The molecular weight excluding hydrogens is 326 g/mol. The van der Waals surface area contributed by atoms with E-state index in [1.807, 2.05) is 12.1 Å². The molecular formula is C18H22BrNO. The maximum atomic E-state index is 5.30. The molecule has 0 aliphatic rings. The summed E-state index contributed by atoms with van der Waals surface area (Å²) in [5, 5.41) is 3.58. The SMILES string of the molecule is CCc1ccc(C(C)Nc2cccc(Br)c2COC)cc1. The van der Waals surface area contributed by atoms with Crippen molar-refractivity contribution >= 4 is 21.6 Å². The smallest absolute Gasteiger partial charge is 0.0744 e. The molecule has 0 saturated heterocycles. The van der Waals surface area contributed by atoms with Crippen molar-refractivity contribution in [2.24, 2.45) is 0 Å². The number of hydrogen-bond acceptors (Lipinski definition) is 2. The second kappa shape index (κ2) is 7.62. The summed E-state index contributed by atoms with van der Waals surface area (Å²) in [6.45, 7) is 4.94. The maximum absolute atomic E-state index is 5.30. The number of benzene rings is 2. The Balaban J connectivity index is 2.18. The van der Waals surface area contributed by atoms with Gasteiger partial charge in [0.1, 0.15) is 0 Å². The molecule has 1 N–H and O–H groups in total. The van der Waals surface area contributed by atoms with Gasteiger partial charge in [-0.25, -0.2) is 0 Å². The fraction of sp³-hybridized carbons (Fsp3) is 0.333. The zero-order valence-corrected chi connectivity index (χ0v) is 14.4. The van der Waals surface area contributed by atoms with E-state index < -0.39 is 0 Å². The first kappa shape index (κ1) is 16.1. The van der Waals surface area contributed by atoms with Gasteiger partial charge in [0.05, 0.1) is 6.61 Å². The number of methoxy groups -OCH3 is 1. The van der Waals surface area contributed by atoms with E-state index in [4.69, 9.17) is 4.74 Å². The van der Waals surface area contributed by atoms with Gasteiger partial charge in [-0.15, -0.1) is 0 Å². The van der Waals surface area contributed by atoms with E-state index in [9.17, 15) is 0 Å². The first-order valence-electron chi connectivity index (χ1n) is 7.27. The van der Waals surface area contributed by atoms with Crippen LogP contribution >= 0.6 is 15.9 Å². The molecule has 112 valence electrons. The Labute approximate surface area is 135 Å². The molecule has 0 aromatic heterocycles. The van der Waals surface area contributed by atoms with Crippen molar-refractivity contribution in [2.75, 3.05) is 12.4 Å². The van der Waals surface area contributed by atoms with Crippen LogP contribution < -0.4 is 5.32 Å². The third kappa shape index (κ3) is 4.08. The summed E-state index contributed by atoms with van der Waals surface area (Å²) >= 11 is 3.59. The molecule has 2 aromatic rings. The van der Waals surface area contributed by atoms with Gasteiger partial charge in [0.15, 0.2) is 0 Å². The van der Waals surface area contributed by atoms with Gasteiger partial charge >= 0.3 is 0 Å². The Morgan fingerprint density at radius 1 is 1.14 bits per heavy atom. The molecule has 21 heavy (non-hydrogen) atoms. The van der Waals surface area contributed by atoms with Crippen molar-refractivity contribution in [3.63, 3.8) is 0 Å². The molecule has 1 unspecified atom stereocenters. The van der Waals surface area contributed by atoms with Crippen molar-refractivity contribution in [3.05, 3.63) is 63.6 Å². The Morgan fingerprint density at radius 3 is 2.48 bits per heavy atom. The number of nitrogens with one attached hydrogen (secondary N) is 1. The summed E-state index contributed by atoms with van der Waals surface area (Å²) in [5.41, 5.74) is 4.92. The Bertz CT molecular complexity index is 580. The van der Waals surface area contributed by atoms with Crippen LogP contribution in [-0.4, -0.2) is 7.11 Å². The summed E-state index contributed by atoms with van der Waals surface area (Å²) < 4.78 is 6.37. The van der Waals surface area contributed by atoms with Crippen molar-refractivity contribution < 1.29 is 4.74 Å². The molecule has 0 spiro atoms. The van der Waals surface area contributed by atoms with Crippen LogP contribution in [0.3, 0.4) is 0 Å². The molecule has 2 aromatic carbocycles. The fourth-order valence-corrected chi connectivity index (χ4v) is 2.82. The summed E-state index contributed by atoms with van der Waals surface area (Å²) in [6, 6.07) is 15.2. The van der Waals surface area contributed by atoms with Crippen molar-refractivity contribution in [1.82, 2.24) is 0 Å². The molecule has 0 bridgehead atoms. The number of halogens is 1. The van der Waals surface area contributed by atoms with E-state index in [0.29, 0.717) is 6.61 Å². The lowest BCUT2D eigenvalue weighted by Gasteiger charge is -2.19. The lowest BCUT2D eigenvalue weighted by Crippen LogP contribution is -2.09. The minimum Gasteiger partial charge on any atom is -0.380 e. The zero-order valence-electron chi connectivity index (χ0n) is 12.8. The quantitative estimate of drug-likeness (QED) is 0.762. The van der Waals surface area contributed by atoms with Gasteiger partial charge in [0.25, 0.3) is 0 Å². The monoisotopic (exact) mass is 347 g/mol. The molecule has 0 saturated carbocycles. The third-order valence-corrected chi connectivity index (χ3v) is 4.41. The number of anilines is 1. The third-order valence-electron chi connectivity index (χ3n) is 3.67. The molecule has 0 heterocycles. The van der Waals surface area contributed by atoms with E-state index >= 15 is 0 Å². The van der Waals surface area contributed by atoms with Gasteiger partial charge in [-0.3, -0.25) is 0 Å². The first-order chi connectivity index (χ1) is 10.2. The Kier molecular flexibility index (Phi) is 5.83. The van der Waals surface area contributed by atoms with Crippen LogP contribution in [0.1, 0.15) is 36.6 Å². The average molecular weight is 348 g/mol. The van der Waals surface area contributed by atoms with Gasteiger partial charge in [-0.1, -0.05) is 53.2 Å². The molecule has 1 atom stereocenters. The minimum absolute atomic E-state index is 0.251. The summed E-state index contributed by atoms with van der Waals surface area (Å²) in [4.78, 5) is 0. The zero-order chi connectivity index (χ0) is 15.2. The standard InChI is InChI=1S/C18H22BrNO/c1-4-14-8-10-15(11-9-14)13(2)20-18-7-5-6-17(19)16(18)12-21-3/h5-11,13,20H,4,12H2,1-3H3. The van der Waals surface area contributed by atoms with E-state index in [2.05, 4.69) is 65.4 Å². The molecule has 0 aliphatic carbocycles. The normalized spacial score (nSPS) is 12.2. The maximum Gasteiger partial charge on any atom is 0.0744 e. The summed E-state index contributed by atoms with van der Waals surface area (Å²) in [5.74, 6) is 0. The van der Waals surface area contributed by atoms with Crippen LogP contribution in [0.4, 0.5) is 5.69 Å².